The van der Waals surface area contributed by atoms with Crippen molar-refractivity contribution in [1.29, 1.82) is 0 Å². The Morgan fingerprint density at radius 3 is 2.88 bits per heavy atom. The van der Waals surface area contributed by atoms with Crippen LogP contribution < -0.4 is 0 Å². The Bertz CT molecular complexity index is 440. The van der Waals surface area contributed by atoms with E-state index < -0.39 is 12.0 Å². The number of carboxylic acids is 1. The Kier molecular flexibility index (Phi) is 3.12. The van der Waals surface area contributed by atoms with E-state index in [1.165, 1.54) is 11.2 Å². The van der Waals surface area contributed by atoms with Crippen LogP contribution in [0.3, 0.4) is 0 Å². The molecule has 1 N–H and O–H groups in total. The van der Waals surface area contributed by atoms with E-state index in [0.717, 1.165) is 12.8 Å². The maximum atomic E-state index is 12.2. The average molecular weight is 238 g/mol. The summed E-state index contributed by atoms with van der Waals surface area (Å²) >= 11 is 0. The standard InChI is InChI=1S/C11H14N2O4/c1-7-8(6-17-12-7)10(14)13-5-3-2-4-9(13)11(15)16/h6,9H,2-5H2,1H3,(H,15,16). The summed E-state index contributed by atoms with van der Waals surface area (Å²) in [6.07, 6.45) is 3.44. The summed E-state index contributed by atoms with van der Waals surface area (Å²) < 4.78 is 4.71. The third-order valence-electron chi connectivity index (χ3n) is 3.03. The molecule has 2 rings (SSSR count). The second-order valence-corrected chi connectivity index (χ2v) is 4.16. The van der Waals surface area contributed by atoms with Crippen LogP contribution in [0.5, 0.6) is 0 Å². The highest BCUT2D eigenvalue weighted by molar-refractivity contribution is 5.97. The molecular formula is C11H14N2O4. The lowest BCUT2D eigenvalue weighted by molar-refractivity contribution is -0.143. The summed E-state index contributed by atoms with van der Waals surface area (Å²) in [6, 6.07) is -0.731. The minimum atomic E-state index is -0.952. The fourth-order valence-corrected chi connectivity index (χ4v) is 2.08. The van der Waals surface area contributed by atoms with E-state index in [-0.39, 0.29) is 5.91 Å². The van der Waals surface area contributed by atoms with Crippen molar-refractivity contribution in [3.05, 3.63) is 17.5 Å². The quantitative estimate of drug-likeness (QED) is 0.832. The number of carboxylic acid groups (broad SMARTS) is 1. The third kappa shape index (κ3) is 2.15. The van der Waals surface area contributed by atoms with Crippen LogP contribution in [-0.2, 0) is 4.79 Å². The number of hydrogen-bond acceptors (Lipinski definition) is 4. The van der Waals surface area contributed by atoms with E-state index in [9.17, 15) is 9.59 Å². The third-order valence-corrected chi connectivity index (χ3v) is 3.03. The molecular weight excluding hydrogens is 224 g/mol. The highest BCUT2D eigenvalue weighted by Crippen LogP contribution is 2.20. The normalized spacial score (nSPS) is 20.3. The van der Waals surface area contributed by atoms with Crippen molar-refractivity contribution in [2.45, 2.75) is 32.2 Å². The van der Waals surface area contributed by atoms with Crippen molar-refractivity contribution in [2.24, 2.45) is 0 Å². The second kappa shape index (κ2) is 4.57. The maximum Gasteiger partial charge on any atom is 0.326 e. The first-order valence-corrected chi connectivity index (χ1v) is 5.56. The van der Waals surface area contributed by atoms with Gasteiger partial charge in [-0.05, 0) is 26.2 Å². The molecule has 1 unspecified atom stereocenters. The van der Waals surface area contributed by atoms with Crippen LogP contribution in [0.1, 0.15) is 35.3 Å². The molecule has 1 fully saturated rings. The second-order valence-electron chi connectivity index (χ2n) is 4.16. The fourth-order valence-electron chi connectivity index (χ4n) is 2.08. The van der Waals surface area contributed by atoms with Gasteiger partial charge in [-0.25, -0.2) is 4.79 Å². The van der Waals surface area contributed by atoms with Crippen LogP contribution >= 0.6 is 0 Å². The first kappa shape index (κ1) is 11.6. The maximum absolute atomic E-state index is 12.2. The summed E-state index contributed by atoms with van der Waals surface area (Å²) in [5, 5.41) is 12.7. The Morgan fingerprint density at radius 2 is 2.29 bits per heavy atom. The Morgan fingerprint density at radius 1 is 1.53 bits per heavy atom. The molecule has 0 aliphatic carbocycles. The first-order valence-electron chi connectivity index (χ1n) is 5.56. The van der Waals surface area contributed by atoms with Crippen molar-refractivity contribution in [3.63, 3.8) is 0 Å². The van der Waals surface area contributed by atoms with Gasteiger partial charge >= 0.3 is 5.97 Å². The van der Waals surface area contributed by atoms with Gasteiger partial charge < -0.3 is 14.5 Å². The van der Waals surface area contributed by atoms with Gasteiger partial charge in [0.2, 0.25) is 0 Å². The zero-order chi connectivity index (χ0) is 12.4. The molecule has 0 spiro atoms. The van der Waals surface area contributed by atoms with Crippen LogP contribution in [-0.4, -0.2) is 39.6 Å². The summed E-state index contributed by atoms with van der Waals surface area (Å²) in [6.45, 7) is 2.14. The summed E-state index contributed by atoms with van der Waals surface area (Å²) in [5.41, 5.74) is 0.836. The lowest BCUT2D eigenvalue weighted by Crippen LogP contribution is -2.48. The van der Waals surface area contributed by atoms with Gasteiger partial charge in [0.15, 0.2) is 0 Å². The molecule has 0 aromatic carbocycles. The van der Waals surface area contributed by atoms with E-state index in [1.807, 2.05) is 0 Å². The van der Waals surface area contributed by atoms with Gasteiger partial charge in [0.25, 0.3) is 5.91 Å². The number of aliphatic carboxylic acids is 1. The molecule has 1 amide bonds. The molecule has 6 nitrogen and oxygen atoms in total. The minimum Gasteiger partial charge on any atom is -0.480 e. The van der Waals surface area contributed by atoms with Gasteiger partial charge in [-0.3, -0.25) is 4.79 Å². The molecule has 6 heteroatoms. The minimum absolute atomic E-state index is 0.309. The van der Waals surface area contributed by atoms with Crippen LogP contribution in [0.2, 0.25) is 0 Å². The van der Waals surface area contributed by atoms with Crippen molar-refractivity contribution in [1.82, 2.24) is 10.1 Å². The molecule has 2 heterocycles. The van der Waals surface area contributed by atoms with Crippen LogP contribution in [0, 0.1) is 6.92 Å². The van der Waals surface area contributed by atoms with Gasteiger partial charge in [-0.1, -0.05) is 5.16 Å². The predicted octanol–water partition coefficient (Wildman–Crippen LogP) is 1.06. The molecule has 1 aromatic rings. The zero-order valence-corrected chi connectivity index (χ0v) is 9.55. The molecule has 0 saturated carbocycles. The van der Waals surface area contributed by atoms with Crippen molar-refractivity contribution in [2.75, 3.05) is 6.54 Å². The molecule has 1 aliphatic heterocycles. The lowest BCUT2D eigenvalue weighted by Gasteiger charge is -2.32. The van der Waals surface area contributed by atoms with Crippen LogP contribution in [0.4, 0.5) is 0 Å². The SMILES string of the molecule is Cc1nocc1C(=O)N1CCCCC1C(=O)O. The number of carbonyl (C=O) groups is 2. The smallest absolute Gasteiger partial charge is 0.326 e. The van der Waals surface area contributed by atoms with E-state index in [0.29, 0.717) is 24.2 Å². The number of aromatic nitrogens is 1. The number of rotatable bonds is 2. The van der Waals surface area contributed by atoms with E-state index in [2.05, 4.69) is 5.16 Å². The first-order chi connectivity index (χ1) is 8.11. The summed E-state index contributed by atoms with van der Waals surface area (Å²) in [7, 11) is 0. The van der Waals surface area contributed by atoms with Crippen molar-refractivity contribution >= 4 is 11.9 Å². The summed E-state index contributed by atoms with van der Waals surface area (Å²) in [4.78, 5) is 24.6. The predicted molar refractivity (Wildman–Crippen MR) is 57.6 cm³/mol. The molecule has 17 heavy (non-hydrogen) atoms. The monoisotopic (exact) mass is 238 g/mol. The lowest BCUT2D eigenvalue weighted by atomic mass is 10.0. The summed E-state index contributed by atoms with van der Waals surface area (Å²) in [5.74, 6) is -1.26. The topological polar surface area (TPSA) is 83.6 Å². The molecule has 1 aliphatic rings. The molecule has 1 saturated heterocycles. The van der Waals surface area contributed by atoms with Gasteiger partial charge in [-0.2, -0.15) is 0 Å². The number of piperidine rings is 1. The Labute approximate surface area is 98.2 Å². The Balaban J connectivity index is 2.23. The average Bonchev–Trinajstić information content (AvgIpc) is 2.74. The van der Waals surface area contributed by atoms with E-state index in [1.54, 1.807) is 6.92 Å². The zero-order valence-electron chi connectivity index (χ0n) is 9.55. The van der Waals surface area contributed by atoms with Crippen LogP contribution in [0.15, 0.2) is 10.8 Å². The van der Waals surface area contributed by atoms with E-state index in [4.69, 9.17) is 9.63 Å². The molecule has 0 radical (unpaired) electrons. The van der Waals surface area contributed by atoms with Gasteiger partial charge in [-0.15, -0.1) is 0 Å². The highest BCUT2D eigenvalue weighted by atomic mass is 16.5. The van der Waals surface area contributed by atoms with Crippen molar-refractivity contribution < 1.29 is 19.2 Å². The fraction of sp³-hybridized carbons (Fsp3) is 0.545. The number of likely N-dealkylation sites (tertiary alicyclic amines) is 1. The van der Waals surface area contributed by atoms with Gasteiger partial charge in [0, 0.05) is 6.54 Å². The van der Waals surface area contributed by atoms with Gasteiger partial charge in [0.05, 0.1) is 5.69 Å². The van der Waals surface area contributed by atoms with Gasteiger partial charge in [0.1, 0.15) is 17.9 Å². The molecule has 92 valence electrons. The number of nitrogens with zero attached hydrogens (tertiary/aromatic N) is 2. The number of amides is 1. The van der Waals surface area contributed by atoms with Crippen molar-refractivity contribution in [3.8, 4) is 0 Å². The van der Waals surface area contributed by atoms with E-state index >= 15 is 0 Å². The Hall–Kier alpha value is -1.85. The van der Waals surface area contributed by atoms with Crippen LogP contribution in [0.25, 0.3) is 0 Å². The number of hydrogen-bond donors (Lipinski definition) is 1. The molecule has 1 aromatic heterocycles. The number of carbonyl (C=O) groups excluding carboxylic acids is 1. The molecule has 0 bridgehead atoms. The number of aryl methyl sites for hydroxylation is 1. The largest absolute Gasteiger partial charge is 0.480 e. The highest BCUT2D eigenvalue weighted by Gasteiger charge is 2.33. The molecule has 1 atom stereocenters.